The Morgan fingerprint density at radius 3 is 2.33 bits per heavy atom. The van der Waals surface area contributed by atoms with Gasteiger partial charge in [-0.05, 0) is 30.8 Å². The lowest BCUT2D eigenvalue weighted by molar-refractivity contribution is 0.313. The fraction of sp³-hybridized carbons (Fsp3) is 0.188. The Balaban J connectivity index is 2.04. The van der Waals surface area contributed by atoms with Crippen LogP contribution in [0.3, 0.4) is 0 Å². The van der Waals surface area contributed by atoms with Crippen LogP contribution in [0.5, 0.6) is 0 Å². The number of nitrogens with zero attached hydrogens (tertiary/aromatic N) is 1. The van der Waals surface area contributed by atoms with Crippen LogP contribution in [0.2, 0.25) is 0 Å². The van der Waals surface area contributed by atoms with E-state index in [0.29, 0.717) is 24.2 Å². The molecule has 0 radical (unpaired) electrons. The first kappa shape index (κ1) is 15.1. The molecule has 0 aliphatic rings. The lowest BCUT2D eigenvalue weighted by atomic mass is 10.1. The summed E-state index contributed by atoms with van der Waals surface area (Å²) in [5.74, 6) is -0.805. The van der Waals surface area contributed by atoms with Crippen LogP contribution in [0.4, 0.5) is 8.78 Å². The minimum Gasteiger partial charge on any atom is -0.384 e. The van der Waals surface area contributed by atoms with E-state index in [2.05, 4.69) is 0 Å². The third-order valence-electron chi connectivity index (χ3n) is 3.17. The Bertz CT molecular complexity index is 638. The minimum absolute atomic E-state index is 0.153. The molecule has 2 rings (SSSR count). The van der Waals surface area contributed by atoms with E-state index in [-0.39, 0.29) is 17.5 Å². The monoisotopic (exact) mass is 289 g/mol. The second kappa shape index (κ2) is 6.45. The number of nitrogen functional groups attached to an aromatic ring is 1. The quantitative estimate of drug-likeness (QED) is 0.657. The van der Waals surface area contributed by atoms with E-state index < -0.39 is 0 Å². The maximum Gasteiger partial charge on any atom is 0.128 e. The van der Waals surface area contributed by atoms with Crippen molar-refractivity contribution in [2.24, 2.45) is 5.73 Å². The number of halogens is 2. The molecule has 0 aliphatic carbocycles. The van der Waals surface area contributed by atoms with E-state index >= 15 is 0 Å². The van der Waals surface area contributed by atoms with Crippen molar-refractivity contribution in [1.29, 1.82) is 5.41 Å². The molecule has 0 unspecified atom stereocenters. The van der Waals surface area contributed by atoms with Crippen LogP contribution in [0.15, 0.2) is 42.5 Å². The molecule has 110 valence electrons. The standard InChI is InChI=1S/C16H17F2N3/c1-21(9-11-2-6-14(17)7-3-11)10-13-5-4-12(16(19)20)8-15(13)18/h2-8H,9-10H2,1H3,(H3,19,20). The van der Waals surface area contributed by atoms with Gasteiger partial charge in [-0.25, -0.2) is 8.78 Å². The maximum atomic E-state index is 13.9. The molecule has 5 heteroatoms. The van der Waals surface area contributed by atoms with Crippen molar-refractivity contribution in [2.75, 3.05) is 7.05 Å². The van der Waals surface area contributed by atoms with Gasteiger partial charge in [0.15, 0.2) is 0 Å². The number of nitrogens with two attached hydrogens (primary N) is 1. The molecule has 0 fully saturated rings. The van der Waals surface area contributed by atoms with Gasteiger partial charge in [0.2, 0.25) is 0 Å². The van der Waals surface area contributed by atoms with Crippen molar-refractivity contribution in [2.45, 2.75) is 13.1 Å². The fourth-order valence-electron chi connectivity index (χ4n) is 2.09. The summed E-state index contributed by atoms with van der Waals surface area (Å²) >= 11 is 0. The van der Waals surface area contributed by atoms with Gasteiger partial charge in [0, 0.05) is 24.2 Å². The highest BCUT2D eigenvalue weighted by molar-refractivity contribution is 5.94. The Hall–Kier alpha value is -2.27. The zero-order chi connectivity index (χ0) is 15.4. The normalized spacial score (nSPS) is 10.9. The molecule has 0 saturated heterocycles. The molecule has 0 heterocycles. The molecule has 0 saturated carbocycles. The number of hydrogen-bond acceptors (Lipinski definition) is 2. The SMILES string of the molecule is CN(Cc1ccc(F)cc1)Cc1ccc(C(=N)N)cc1F. The molecule has 2 aromatic carbocycles. The highest BCUT2D eigenvalue weighted by Gasteiger charge is 2.08. The third-order valence-corrected chi connectivity index (χ3v) is 3.17. The highest BCUT2D eigenvalue weighted by atomic mass is 19.1. The summed E-state index contributed by atoms with van der Waals surface area (Å²) in [5, 5.41) is 7.28. The van der Waals surface area contributed by atoms with Crippen LogP contribution in [0.1, 0.15) is 16.7 Å². The zero-order valence-electron chi connectivity index (χ0n) is 11.7. The van der Waals surface area contributed by atoms with Crippen LogP contribution in [0.25, 0.3) is 0 Å². The molecule has 0 bridgehead atoms. The van der Waals surface area contributed by atoms with Gasteiger partial charge < -0.3 is 5.73 Å². The maximum absolute atomic E-state index is 13.9. The van der Waals surface area contributed by atoms with Crippen molar-refractivity contribution in [1.82, 2.24) is 4.90 Å². The van der Waals surface area contributed by atoms with Gasteiger partial charge >= 0.3 is 0 Å². The fourth-order valence-corrected chi connectivity index (χ4v) is 2.09. The summed E-state index contributed by atoms with van der Waals surface area (Å²) in [4.78, 5) is 1.93. The Kier molecular flexibility index (Phi) is 4.65. The molecule has 0 amide bonds. The average molecular weight is 289 g/mol. The van der Waals surface area contributed by atoms with Crippen molar-refractivity contribution in [3.05, 3.63) is 70.8 Å². The van der Waals surface area contributed by atoms with Gasteiger partial charge in [-0.2, -0.15) is 0 Å². The zero-order valence-corrected chi connectivity index (χ0v) is 11.7. The first-order valence-electron chi connectivity index (χ1n) is 6.51. The second-order valence-corrected chi connectivity index (χ2v) is 5.02. The molecule has 0 aliphatic heterocycles. The van der Waals surface area contributed by atoms with Crippen LogP contribution in [0, 0.1) is 17.0 Å². The third kappa shape index (κ3) is 4.10. The first-order chi connectivity index (χ1) is 9.95. The van der Waals surface area contributed by atoms with Gasteiger partial charge in [0.05, 0.1) is 0 Å². The minimum atomic E-state index is -0.381. The van der Waals surface area contributed by atoms with Crippen LogP contribution in [-0.4, -0.2) is 17.8 Å². The summed E-state index contributed by atoms with van der Waals surface area (Å²) in [5.41, 5.74) is 7.19. The Morgan fingerprint density at radius 1 is 1.10 bits per heavy atom. The second-order valence-electron chi connectivity index (χ2n) is 5.02. The lowest BCUT2D eigenvalue weighted by Crippen LogP contribution is -2.18. The molecule has 2 aromatic rings. The molecule has 0 spiro atoms. The van der Waals surface area contributed by atoms with Gasteiger partial charge in [0.1, 0.15) is 17.5 Å². The first-order valence-corrected chi connectivity index (χ1v) is 6.51. The van der Waals surface area contributed by atoms with Gasteiger partial charge in [-0.3, -0.25) is 10.3 Å². The summed E-state index contributed by atoms with van der Waals surface area (Å²) in [7, 11) is 1.86. The predicted octanol–water partition coefficient (Wildman–Crippen LogP) is 2.88. The number of benzene rings is 2. The van der Waals surface area contributed by atoms with Crippen molar-refractivity contribution < 1.29 is 8.78 Å². The Morgan fingerprint density at radius 2 is 1.76 bits per heavy atom. The molecule has 3 nitrogen and oxygen atoms in total. The van der Waals surface area contributed by atoms with Crippen molar-refractivity contribution in [3.63, 3.8) is 0 Å². The number of hydrogen-bond donors (Lipinski definition) is 2. The van der Waals surface area contributed by atoms with E-state index in [1.165, 1.54) is 18.2 Å². The number of amidine groups is 1. The topological polar surface area (TPSA) is 53.1 Å². The molecule has 0 atom stereocenters. The van der Waals surface area contributed by atoms with Gasteiger partial charge in [-0.1, -0.05) is 24.3 Å². The van der Waals surface area contributed by atoms with Gasteiger partial charge in [-0.15, -0.1) is 0 Å². The van der Waals surface area contributed by atoms with E-state index in [1.807, 2.05) is 11.9 Å². The molecular formula is C16H17F2N3. The Labute approximate surface area is 122 Å². The summed E-state index contributed by atoms with van der Waals surface area (Å²) in [6.45, 7) is 1.01. The number of rotatable bonds is 5. The van der Waals surface area contributed by atoms with E-state index in [4.69, 9.17) is 11.1 Å². The largest absolute Gasteiger partial charge is 0.384 e. The summed E-state index contributed by atoms with van der Waals surface area (Å²) in [6, 6.07) is 10.8. The number of nitrogens with one attached hydrogen (secondary N) is 1. The molecule has 21 heavy (non-hydrogen) atoms. The van der Waals surface area contributed by atoms with E-state index in [9.17, 15) is 8.78 Å². The average Bonchev–Trinajstić information content (AvgIpc) is 2.43. The molecule has 0 aromatic heterocycles. The molecular weight excluding hydrogens is 272 g/mol. The lowest BCUT2D eigenvalue weighted by Gasteiger charge is -2.17. The summed E-state index contributed by atoms with van der Waals surface area (Å²) in [6.07, 6.45) is 0. The van der Waals surface area contributed by atoms with Crippen LogP contribution < -0.4 is 5.73 Å². The van der Waals surface area contributed by atoms with Gasteiger partial charge in [0.25, 0.3) is 0 Å². The summed E-state index contributed by atoms with van der Waals surface area (Å²) < 4.78 is 26.8. The molecule has 3 N–H and O–H groups in total. The smallest absolute Gasteiger partial charge is 0.128 e. The van der Waals surface area contributed by atoms with Crippen LogP contribution >= 0.6 is 0 Å². The van der Waals surface area contributed by atoms with Crippen molar-refractivity contribution >= 4 is 5.84 Å². The highest BCUT2D eigenvalue weighted by Crippen LogP contribution is 2.14. The van der Waals surface area contributed by atoms with E-state index in [0.717, 1.165) is 5.56 Å². The van der Waals surface area contributed by atoms with E-state index in [1.54, 1.807) is 24.3 Å². The van der Waals surface area contributed by atoms with Crippen molar-refractivity contribution in [3.8, 4) is 0 Å². The van der Waals surface area contributed by atoms with Crippen LogP contribution in [-0.2, 0) is 13.1 Å². The predicted molar refractivity (Wildman–Crippen MR) is 79.0 cm³/mol.